The second kappa shape index (κ2) is 10.7. The number of rotatable bonds is 7. The largest absolute Gasteiger partial charge is 0.357 e. The lowest BCUT2D eigenvalue weighted by Gasteiger charge is -2.15. The Kier molecular flexibility index (Phi) is 8.56. The number of thiophene rings is 1. The van der Waals surface area contributed by atoms with E-state index in [1.54, 1.807) is 0 Å². The van der Waals surface area contributed by atoms with E-state index >= 15 is 0 Å². The standard InChI is InChI=1S/C20H27N5S.HI/c1-4-21-20(22-12-15(2)11-18-8-6-10-26-18)23-13-17-14-25-16(3)7-5-9-19(25)24-17;/h5-10,14-15H,4,11-13H2,1-3H3,(H2,21,22,23);1H. The molecule has 0 aliphatic rings. The van der Waals surface area contributed by atoms with Crippen LogP contribution in [0.15, 0.2) is 46.9 Å². The number of hydrogen-bond donors (Lipinski definition) is 2. The molecule has 0 saturated carbocycles. The van der Waals surface area contributed by atoms with E-state index in [0.29, 0.717) is 12.5 Å². The van der Waals surface area contributed by atoms with Gasteiger partial charge >= 0.3 is 0 Å². The van der Waals surface area contributed by atoms with Gasteiger partial charge in [0, 0.05) is 29.9 Å². The summed E-state index contributed by atoms with van der Waals surface area (Å²) in [7, 11) is 0. The van der Waals surface area contributed by atoms with E-state index in [1.165, 1.54) is 10.6 Å². The van der Waals surface area contributed by atoms with Gasteiger partial charge in [-0.3, -0.25) is 0 Å². The molecule has 1 unspecified atom stereocenters. The quantitative estimate of drug-likeness (QED) is 0.292. The van der Waals surface area contributed by atoms with Gasteiger partial charge in [0.15, 0.2) is 5.96 Å². The number of aromatic nitrogens is 2. The predicted molar refractivity (Wildman–Crippen MR) is 125 cm³/mol. The molecule has 0 amide bonds. The van der Waals surface area contributed by atoms with Crippen LogP contribution in [0.1, 0.15) is 30.1 Å². The van der Waals surface area contributed by atoms with E-state index in [1.807, 2.05) is 23.5 Å². The van der Waals surface area contributed by atoms with Gasteiger partial charge in [0.05, 0.1) is 12.2 Å². The number of hydrogen-bond acceptors (Lipinski definition) is 3. The van der Waals surface area contributed by atoms with E-state index in [9.17, 15) is 0 Å². The number of pyridine rings is 1. The van der Waals surface area contributed by atoms with Crippen LogP contribution in [0.3, 0.4) is 0 Å². The molecule has 0 saturated heterocycles. The normalized spacial score (nSPS) is 12.6. The maximum atomic E-state index is 4.70. The zero-order valence-electron chi connectivity index (χ0n) is 16.1. The molecule has 0 aliphatic heterocycles. The summed E-state index contributed by atoms with van der Waals surface area (Å²) in [5.74, 6) is 1.40. The maximum absolute atomic E-state index is 4.70. The molecule has 3 aromatic heterocycles. The lowest BCUT2D eigenvalue weighted by Crippen LogP contribution is -2.39. The molecular weight excluding hydrogens is 469 g/mol. The van der Waals surface area contributed by atoms with Gasteiger partial charge in [-0.05, 0) is 49.8 Å². The minimum atomic E-state index is 0. The first-order chi connectivity index (χ1) is 12.7. The minimum Gasteiger partial charge on any atom is -0.357 e. The van der Waals surface area contributed by atoms with Gasteiger partial charge in [0.2, 0.25) is 0 Å². The van der Waals surface area contributed by atoms with Crippen LogP contribution in [0.25, 0.3) is 5.65 Å². The molecule has 7 heteroatoms. The topological polar surface area (TPSA) is 53.7 Å². The highest BCUT2D eigenvalue weighted by Gasteiger charge is 2.07. The van der Waals surface area contributed by atoms with Crippen molar-refractivity contribution in [2.24, 2.45) is 10.9 Å². The summed E-state index contributed by atoms with van der Waals surface area (Å²) in [6, 6.07) is 10.5. The molecule has 3 rings (SSSR count). The Morgan fingerprint density at radius 2 is 2.11 bits per heavy atom. The fourth-order valence-electron chi connectivity index (χ4n) is 2.89. The van der Waals surface area contributed by atoms with Crippen LogP contribution < -0.4 is 10.6 Å². The fraction of sp³-hybridized carbons (Fsp3) is 0.400. The van der Waals surface area contributed by atoms with Crippen molar-refractivity contribution in [1.82, 2.24) is 20.0 Å². The number of nitrogens with one attached hydrogen (secondary N) is 2. The summed E-state index contributed by atoms with van der Waals surface area (Å²) in [4.78, 5) is 10.8. The van der Waals surface area contributed by atoms with Crippen LogP contribution in [0.2, 0.25) is 0 Å². The summed E-state index contributed by atoms with van der Waals surface area (Å²) in [5.41, 5.74) is 3.12. The van der Waals surface area contributed by atoms with Crippen molar-refractivity contribution < 1.29 is 0 Å². The average Bonchev–Trinajstić information content (AvgIpc) is 3.27. The van der Waals surface area contributed by atoms with Gasteiger partial charge < -0.3 is 15.0 Å². The van der Waals surface area contributed by atoms with Gasteiger partial charge in [-0.15, -0.1) is 35.3 Å². The molecule has 1 atom stereocenters. The van der Waals surface area contributed by atoms with E-state index in [2.05, 4.69) is 70.6 Å². The third-order valence-corrected chi connectivity index (χ3v) is 5.14. The number of imidazole rings is 1. The Labute approximate surface area is 182 Å². The molecule has 27 heavy (non-hydrogen) atoms. The lowest BCUT2D eigenvalue weighted by atomic mass is 10.1. The summed E-state index contributed by atoms with van der Waals surface area (Å²) in [6.45, 7) is 8.74. The van der Waals surface area contributed by atoms with Gasteiger partial charge in [-0.2, -0.15) is 0 Å². The van der Waals surface area contributed by atoms with E-state index in [4.69, 9.17) is 4.99 Å². The fourth-order valence-corrected chi connectivity index (χ4v) is 3.76. The van der Waals surface area contributed by atoms with Crippen molar-refractivity contribution in [1.29, 1.82) is 0 Å². The molecule has 2 N–H and O–H groups in total. The van der Waals surface area contributed by atoms with Gasteiger partial charge in [-0.1, -0.05) is 19.1 Å². The second-order valence-corrected chi connectivity index (χ2v) is 7.62. The zero-order chi connectivity index (χ0) is 18.4. The summed E-state index contributed by atoms with van der Waals surface area (Å²) in [5, 5.41) is 8.91. The molecule has 3 aromatic rings. The Morgan fingerprint density at radius 3 is 2.81 bits per heavy atom. The van der Waals surface area contributed by atoms with Crippen molar-refractivity contribution in [3.05, 3.63) is 58.2 Å². The lowest BCUT2D eigenvalue weighted by molar-refractivity contribution is 0.562. The molecular formula is C20H28IN5S. The number of guanidine groups is 1. The number of aryl methyl sites for hydroxylation is 1. The summed E-state index contributed by atoms with van der Waals surface area (Å²) < 4.78 is 2.11. The molecule has 0 fully saturated rings. The van der Waals surface area contributed by atoms with E-state index < -0.39 is 0 Å². The molecule has 0 aromatic carbocycles. The predicted octanol–water partition coefficient (Wildman–Crippen LogP) is 4.26. The van der Waals surface area contributed by atoms with Crippen LogP contribution in [-0.2, 0) is 13.0 Å². The average molecular weight is 497 g/mol. The smallest absolute Gasteiger partial charge is 0.191 e. The van der Waals surface area contributed by atoms with E-state index in [-0.39, 0.29) is 24.0 Å². The van der Waals surface area contributed by atoms with Crippen molar-refractivity contribution in [3.8, 4) is 0 Å². The molecule has 3 heterocycles. The minimum absolute atomic E-state index is 0. The number of fused-ring (bicyclic) bond motifs is 1. The van der Waals surface area contributed by atoms with Crippen molar-refractivity contribution in [2.75, 3.05) is 13.1 Å². The van der Waals surface area contributed by atoms with Crippen LogP contribution >= 0.6 is 35.3 Å². The number of aliphatic imine (C=N–C) groups is 1. The zero-order valence-corrected chi connectivity index (χ0v) is 19.3. The van der Waals surface area contributed by atoms with Crippen LogP contribution in [0, 0.1) is 12.8 Å². The number of halogens is 1. The van der Waals surface area contributed by atoms with Crippen molar-refractivity contribution in [2.45, 2.75) is 33.7 Å². The van der Waals surface area contributed by atoms with Crippen molar-refractivity contribution in [3.63, 3.8) is 0 Å². The Balaban J connectivity index is 0.00000261. The maximum Gasteiger partial charge on any atom is 0.191 e. The second-order valence-electron chi connectivity index (χ2n) is 6.59. The molecule has 146 valence electrons. The van der Waals surface area contributed by atoms with Gasteiger partial charge in [0.25, 0.3) is 0 Å². The summed E-state index contributed by atoms with van der Waals surface area (Å²) in [6.07, 6.45) is 3.16. The third-order valence-electron chi connectivity index (χ3n) is 4.24. The molecule has 0 spiro atoms. The van der Waals surface area contributed by atoms with Gasteiger partial charge in [0.1, 0.15) is 5.65 Å². The molecule has 0 bridgehead atoms. The molecule has 0 aliphatic carbocycles. The molecule has 0 radical (unpaired) electrons. The molecule has 5 nitrogen and oxygen atoms in total. The number of nitrogens with zero attached hydrogens (tertiary/aromatic N) is 3. The highest BCUT2D eigenvalue weighted by Crippen LogP contribution is 2.14. The Hall–Kier alpha value is -1.61. The first-order valence-electron chi connectivity index (χ1n) is 9.14. The first-order valence-corrected chi connectivity index (χ1v) is 10.0. The highest BCUT2D eigenvalue weighted by atomic mass is 127. The first kappa shape index (κ1) is 21.7. The monoisotopic (exact) mass is 497 g/mol. The SMILES string of the molecule is CCNC(=NCc1cn2c(C)cccc2n1)NCC(C)Cc1cccs1.I. The third kappa shape index (κ3) is 6.21. The van der Waals surface area contributed by atoms with Crippen LogP contribution in [0.5, 0.6) is 0 Å². The van der Waals surface area contributed by atoms with Crippen molar-refractivity contribution >= 4 is 46.9 Å². The summed E-state index contributed by atoms with van der Waals surface area (Å²) >= 11 is 1.82. The highest BCUT2D eigenvalue weighted by molar-refractivity contribution is 14.0. The Morgan fingerprint density at radius 1 is 1.26 bits per heavy atom. The van der Waals surface area contributed by atoms with Crippen LogP contribution in [-0.4, -0.2) is 28.4 Å². The van der Waals surface area contributed by atoms with Gasteiger partial charge in [-0.25, -0.2) is 9.98 Å². The van der Waals surface area contributed by atoms with E-state index in [0.717, 1.165) is 36.8 Å². The van der Waals surface area contributed by atoms with Crippen LogP contribution in [0.4, 0.5) is 0 Å². The Bertz CT molecular complexity index is 857.